The van der Waals surface area contributed by atoms with Crippen molar-refractivity contribution in [3.8, 4) is 56.0 Å². The van der Waals surface area contributed by atoms with Crippen LogP contribution in [0, 0.1) is 0 Å². The summed E-state index contributed by atoms with van der Waals surface area (Å²) in [5, 5.41) is 2.39. The van der Waals surface area contributed by atoms with Crippen LogP contribution in [0.3, 0.4) is 0 Å². The summed E-state index contributed by atoms with van der Waals surface area (Å²) in [6, 6.07) is 53.5. The highest BCUT2D eigenvalue weighted by molar-refractivity contribution is 6.07. The predicted molar refractivity (Wildman–Crippen MR) is 171 cm³/mol. The molecule has 0 unspecified atom stereocenters. The van der Waals surface area contributed by atoms with Gasteiger partial charge in [0.1, 0.15) is 11.5 Å². The maximum absolute atomic E-state index is 6.54. The molecule has 0 bridgehead atoms. The third-order valence-corrected chi connectivity index (χ3v) is 9.69. The number of fused-ring (bicyclic) bond motifs is 12. The van der Waals surface area contributed by atoms with Crippen molar-refractivity contribution in [2.24, 2.45) is 0 Å². The lowest BCUT2D eigenvalue weighted by Gasteiger charge is -2.31. The molecule has 3 aliphatic rings. The quantitative estimate of drug-likeness (QED) is 0.204. The lowest BCUT2D eigenvalue weighted by Crippen LogP contribution is -2.25. The van der Waals surface area contributed by atoms with Gasteiger partial charge in [0.15, 0.2) is 0 Å². The molecule has 194 valence electrons. The Labute approximate surface area is 244 Å². The van der Waals surface area contributed by atoms with Crippen LogP contribution in [-0.4, -0.2) is 0 Å². The van der Waals surface area contributed by atoms with Gasteiger partial charge in [0, 0.05) is 10.9 Å². The highest BCUT2D eigenvalue weighted by Gasteiger charge is 2.51. The van der Waals surface area contributed by atoms with Crippen molar-refractivity contribution in [2.75, 3.05) is 0 Å². The summed E-state index contributed by atoms with van der Waals surface area (Å²) in [5.41, 5.74) is 15.2. The lowest BCUT2D eigenvalue weighted by molar-refractivity contribution is 0.487. The van der Waals surface area contributed by atoms with Gasteiger partial charge in [-0.25, -0.2) is 0 Å². The van der Waals surface area contributed by atoms with Gasteiger partial charge in [-0.2, -0.15) is 0 Å². The Morgan fingerprint density at radius 3 is 1.60 bits per heavy atom. The van der Waals surface area contributed by atoms with Gasteiger partial charge in [-0.15, -0.1) is 0 Å². The molecule has 0 aromatic heterocycles. The Bertz CT molecular complexity index is 2220. The van der Waals surface area contributed by atoms with Crippen molar-refractivity contribution in [1.29, 1.82) is 0 Å². The molecule has 1 heterocycles. The summed E-state index contributed by atoms with van der Waals surface area (Å²) in [5.74, 6) is 1.84. The molecular formula is C41H24O. The standard InChI is InChI=1S/C41H24O/c1-4-17-33-28(12-1)29-13-2-5-18-34(29)41(33)35-19-6-3-14-30(35)31-23-22-26(24-36(31)41)27-15-9-21-38-40(27)32-16-7-10-25-11-8-20-37(42-38)39(25)32/h1-24H. The number of rotatable bonds is 1. The van der Waals surface area contributed by atoms with E-state index in [1.807, 2.05) is 0 Å². The second kappa shape index (κ2) is 7.87. The molecule has 1 aliphatic heterocycles. The zero-order chi connectivity index (χ0) is 27.4. The molecule has 7 aromatic rings. The predicted octanol–water partition coefficient (Wildman–Crippen LogP) is 10.6. The van der Waals surface area contributed by atoms with E-state index in [-0.39, 0.29) is 5.41 Å². The normalized spacial score (nSPS) is 14.1. The molecule has 0 fully saturated rings. The molecule has 0 amide bonds. The second-order valence-electron chi connectivity index (χ2n) is 11.6. The molecule has 0 radical (unpaired) electrons. The fourth-order valence-corrected chi connectivity index (χ4v) is 8.12. The first kappa shape index (κ1) is 22.3. The first-order chi connectivity index (χ1) is 20.8. The summed E-state index contributed by atoms with van der Waals surface area (Å²) in [6.45, 7) is 0. The number of ether oxygens (including phenoxy) is 1. The third kappa shape index (κ3) is 2.60. The Kier molecular flexibility index (Phi) is 4.18. The van der Waals surface area contributed by atoms with E-state index in [9.17, 15) is 0 Å². The van der Waals surface area contributed by atoms with E-state index in [0.29, 0.717) is 0 Å². The van der Waals surface area contributed by atoms with Crippen LogP contribution in [0.25, 0.3) is 55.3 Å². The SMILES string of the molecule is c1ccc2c(c1)-c1ccccc1C21c2ccccc2-c2ccc(-c3cccc4c3-c3cccc5cccc(c35)O4)cc21. The Hall–Kier alpha value is -5.40. The molecule has 2 aliphatic carbocycles. The fraction of sp³-hybridized carbons (Fsp3) is 0.0244. The van der Waals surface area contributed by atoms with Crippen LogP contribution < -0.4 is 4.74 Å². The average molecular weight is 533 g/mol. The average Bonchev–Trinajstić information content (AvgIpc) is 3.52. The minimum absolute atomic E-state index is 0.354. The van der Waals surface area contributed by atoms with Gasteiger partial charge >= 0.3 is 0 Å². The van der Waals surface area contributed by atoms with E-state index in [1.165, 1.54) is 77.5 Å². The van der Waals surface area contributed by atoms with Gasteiger partial charge < -0.3 is 4.74 Å². The molecule has 0 saturated heterocycles. The summed E-state index contributed by atoms with van der Waals surface area (Å²) in [7, 11) is 0. The second-order valence-corrected chi connectivity index (χ2v) is 11.6. The fourth-order valence-electron chi connectivity index (χ4n) is 8.12. The van der Waals surface area contributed by atoms with Crippen molar-refractivity contribution in [3.05, 3.63) is 168 Å². The van der Waals surface area contributed by atoms with E-state index in [2.05, 4.69) is 146 Å². The molecular weight excluding hydrogens is 508 g/mol. The third-order valence-electron chi connectivity index (χ3n) is 9.69. The van der Waals surface area contributed by atoms with Crippen molar-refractivity contribution in [2.45, 2.75) is 5.41 Å². The summed E-state index contributed by atoms with van der Waals surface area (Å²) < 4.78 is 6.54. The smallest absolute Gasteiger partial charge is 0.135 e. The Morgan fingerprint density at radius 2 is 0.905 bits per heavy atom. The largest absolute Gasteiger partial charge is 0.456 e. The van der Waals surface area contributed by atoms with Gasteiger partial charge in [0.25, 0.3) is 0 Å². The van der Waals surface area contributed by atoms with Crippen LogP contribution in [0.4, 0.5) is 0 Å². The summed E-state index contributed by atoms with van der Waals surface area (Å²) >= 11 is 0. The van der Waals surface area contributed by atoms with Crippen molar-refractivity contribution in [1.82, 2.24) is 0 Å². The van der Waals surface area contributed by atoms with Crippen molar-refractivity contribution < 1.29 is 4.74 Å². The van der Waals surface area contributed by atoms with Crippen LogP contribution in [0.2, 0.25) is 0 Å². The minimum atomic E-state index is -0.354. The molecule has 0 saturated carbocycles. The van der Waals surface area contributed by atoms with Crippen LogP contribution in [-0.2, 0) is 5.41 Å². The number of hydrogen-bond donors (Lipinski definition) is 0. The Morgan fingerprint density at radius 1 is 0.381 bits per heavy atom. The van der Waals surface area contributed by atoms with Gasteiger partial charge in [0.2, 0.25) is 0 Å². The number of benzene rings is 7. The van der Waals surface area contributed by atoms with Crippen LogP contribution >= 0.6 is 0 Å². The van der Waals surface area contributed by atoms with Gasteiger partial charge in [-0.05, 0) is 84.8 Å². The maximum Gasteiger partial charge on any atom is 0.135 e. The maximum atomic E-state index is 6.54. The van der Waals surface area contributed by atoms with E-state index in [1.54, 1.807) is 0 Å². The molecule has 0 N–H and O–H groups in total. The first-order valence-corrected chi connectivity index (χ1v) is 14.6. The van der Waals surface area contributed by atoms with E-state index in [4.69, 9.17) is 4.74 Å². The van der Waals surface area contributed by atoms with Crippen LogP contribution in [0.5, 0.6) is 11.5 Å². The molecule has 42 heavy (non-hydrogen) atoms. The molecule has 1 spiro atoms. The molecule has 1 nitrogen and oxygen atoms in total. The van der Waals surface area contributed by atoms with Gasteiger partial charge in [0.05, 0.1) is 5.41 Å². The van der Waals surface area contributed by atoms with Crippen molar-refractivity contribution >= 4 is 10.8 Å². The molecule has 0 atom stereocenters. The lowest BCUT2D eigenvalue weighted by atomic mass is 9.70. The van der Waals surface area contributed by atoms with Crippen LogP contribution in [0.1, 0.15) is 22.3 Å². The van der Waals surface area contributed by atoms with Crippen molar-refractivity contribution in [3.63, 3.8) is 0 Å². The van der Waals surface area contributed by atoms with E-state index in [0.717, 1.165) is 11.5 Å². The molecule has 10 rings (SSSR count). The minimum Gasteiger partial charge on any atom is -0.456 e. The summed E-state index contributed by atoms with van der Waals surface area (Å²) in [4.78, 5) is 0. The summed E-state index contributed by atoms with van der Waals surface area (Å²) in [6.07, 6.45) is 0. The highest BCUT2D eigenvalue weighted by Crippen LogP contribution is 2.63. The monoisotopic (exact) mass is 532 g/mol. The molecule has 7 aromatic carbocycles. The topological polar surface area (TPSA) is 9.23 Å². The van der Waals surface area contributed by atoms with Crippen LogP contribution in [0.15, 0.2) is 146 Å². The highest BCUT2D eigenvalue weighted by atomic mass is 16.5. The Balaban J connectivity index is 1.29. The van der Waals surface area contributed by atoms with E-state index < -0.39 is 0 Å². The number of hydrogen-bond acceptors (Lipinski definition) is 1. The van der Waals surface area contributed by atoms with Gasteiger partial charge in [-0.1, -0.05) is 127 Å². The zero-order valence-corrected chi connectivity index (χ0v) is 22.8. The first-order valence-electron chi connectivity index (χ1n) is 14.6. The van der Waals surface area contributed by atoms with Gasteiger partial charge in [-0.3, -0.25) is 0 Å². The molecule has 1 heteroatoms. The zero-order valence-electron chi connectivity index (χ0n) is 22.8. The van der Waals surface area contributed by atoms with E-state index >= 15 is 0 Å².